The van der Waals surface area contributed by atoms with Crippen LogP contribution in [0.5, 0.6) is 0 Å². The van der Waals surface area contributed by atoms with Crippen LogP contribution in [-0.4, -0.2) is 74.3 Å². The zero-order valence-corrected chi connectivity index (χ0v) is 54.2. The van der Waals surface area contributed by atoms with Crippen molar-refractivity contribution in [2.24, 2.45) is 0 Å². The normalized spacial score (nSPS) is 14.0. The number of quaternary nitrogens is 1. The van der Waals surface area contributed by atoms with Crippen molar-refractivity contribution in [2.75, 3.05) is 40.9 Å². The Labute approximate surface area is 495 Å². The van der Waals surface area contributed by atoms with Crippen LogP contribution in [-0.2, 0) is 27.9 Å². The number of phosphoric ester groups is 1. The third kappa shape index (κ3) is 60.1. The van der Waals surface area contributed by atoms with Crippen molar-refractivity contribution in [1.29, 1.82) is 0 Å². The maximum absolute atomic E-state index is 13.6. The van der Waals surface area contributed by atoms with E-state index >= 15 is 0 Å². The Morgan fingerprint density at radius 1 is 0.450 bits per heavy atom. The monoisotopic (exact) mass is 1140 g/mol. The largest absolute Gasteiger partial charge is 0.472 e. The van der Waals surface area contributed by atoms with Crippen molar-refractivity contribution in [3.63, 3.8) is 0 Å². The van der Waals surface area contributed by atoms with Gasteiger partial charge in [-0.1, -0.05) is 293 Å². The lowest BCUT2D eigenvalue weighted by Gasteiger charge is -2.27. The minimum atomic E-state index is -4.45. The Bertz CT molecular complexity index is 1600. The summed E-state index contributed by atoms with van der Waals surface area (Å²) in [5, 5.41) is 3.07. The van der Waals surface area contributed by atoms with Gasteiger partial charge >= 0.3 is 13.8 Å². The molecule has 0 rings (SSSR count). The molecule has 0 saturated carbocycles. The second-order valence-corrected chi connectivity index (χ2v) is 25.4. The summed E-state index contributed by atoms with van der Waals surface area (Å²) in [6, 6.07) is -0.851. The molecule has 0 aromatic carbocycles. The number of esters is 1. The second kappa shape index (κ2) is 59.6. The molecule has 10 heteroatoms. The summed E-state index contributed by atoms with van der Waals surface area (Å²) in [5.41, 5.74) is 0. The molecule has 0 heterocycles. The molecule has 9 nitrogen and oxygen atoms in total. The summed E-state index contributed by atoms with van der Waals surface area (Å²) in [4.78, 5) is 37.8. The number of allylic oxidation sites excluding steroid dienone is 11. The summed E-state index contributed by atoms with van der Waals surface area (Å²) in [7, 11) is 1.50. The average Bonchev–Trinajstić information content (AvgIpc) is 3.42. The lowest BCUT2D eigenvalue weighted by molar-refractivity contribution is -0.870. The van der Waals surface area contributed by atoms with Gasteiger partial charge in [0.05, 0.1) is 33.8 Å². The fourth-order valence-electron chi connectivity index (χ4n) is 9.73. The minimum absolute atomic E-state index is 0.0390. The summed E-state index contributed by atoms with van der Waals surface area (Å²) in [6.07, 6.45) is 77.5. The molecule has 0 aliphatic carbocycles. The molecule has 0 bridgehead atoms. The molecule has 0 aliphatic heterocycles. The molecular formula is C70H130N2O7P+. The van der Waals surface area contributed by atoms with Crippen molar-refractivity contribution in [1.82, 2.24) is 5.32 Å². The first kappa shape index (κ1) is 77.5. The molecule has 0 saturated heterocycles. The van der Waals surface area contributed by atoms with Crippen LogP contribution in [0, 0.1) is 0 Å². The number of nitrogens with one attached hydrogen (secondary N) is 1. The Hall–Kier alpha value is -2.55. The molecule has 0 fully saturated rings. The van der Waals surface area contributed by atoms with Gasteiger partial charge in [-0.3, -0.25) is 18.6 Å². The standard InChI is InChI=1S/C70H129N2O7P/c1-7-10-13-16-19-22-25-28-30-32-33-34-35-36-37-38-39-40-42-45-48-51-54-57-60-63-70(74)79-68(61-58-55-52-49-46-43-27-24-21-18-15-12-9-3)67(66-78-80(75,76)77-65-64-72(4,5)6)71-69(73)62-59-56-53-50-47-44-41-31-29-26-23-20-17-14-11-8-2/h10,13,19,22,28,30,33-34,36-37,58,61,67-68H,7-9,11-12,14-18,20-21,23-27,29,31-32,35,38-57,59-60,62-66H2,1-6H3,(H-,71,73,75,76)/p+1/b13-10-,22-19-,30-28-,34-33-,37-36-,61-58+. The van der Waals surface area contributed by atoms with Crippen LogP contribution in [0.1, 0.15) is 310 Å². The molecule has 80 heavy (non-hydrogen) atoms. The highest BCUT2D eigenvalue weighted by atomic mass is 31.2. The highest BCUT2D eigenvalue weighted by Crippen LogP contribution is 2.43. The number of ether oxygens (including phenoxy) is 1. The molecule has 3 atom stereocenters. The lowest BCUT2D eigenvalue weighted by atomic mass is 10.0. The van der Waals surface area contributed by atoms with Crippen LogP contribution in [0.4, 0.5) is 0 Å². The highest BCUT2D eigenvalue weighted by molar-refractivity contribution is 7.47. The van der Waals surface area contributed by atoms with Crippen LogP contribution < -0.4 is 5.32 Å². The van der Waals surface area contributed by atoms with Crippen molar-refractivity contribution in [2.45, 2.75) is 322 Å². The first-order valence-corrected chi connectivity index (χ1v) is 35.3. The van der Waals surface area contributed by atoms with E-state index in [1.54, 1.807) is 0 Å². The van der Waals surface area contributed by atoms with Crippen molar-refractivity contribution in [3.8, 4) is 0 Å². The van der Waals surface area contributed by atoms with Gasteiger partial charge in [-0.15, -0.1) is 0 Å². The molecule has 0 radical (unpaired) electrons. The fourth-order valence-corrected chi connectivity index (χ4v) is 10.5. The van der Waals surface area contributed by atoms with Gasteiger partial charge in [-0.2, -0.15) is 0 Å². The maximum atomic E-state index is 13.6. The topological polar surface area (TPSA) is 111 Å². The first-order chi connectivity index (χ1) is 38.9. The molecule has 0 aromatic rings. The van der Waals surface area contributed by atoms with E-state index in [0.717, 1.165) is 103 Å². The number of carbonyl (C=O) groups excluding carboxylic acids is 2. The summed E-state index contributed by atoms with van der Waals surface area (Å²) >= 11 is 0. The van der Waals surface area contributed by atoms with Crippen molar-refractivity contribution < 1.29 is 37.3 Å². The van der Waals surface area contributed by atoms with Crippen LogP contribution >= 0.6 is 7.82 Å². The third-order valence-corrected chi connectivity index (χ3v) is 15.9. The van der Waals surface area contributed by atoms with E-state index in [2.05, 4.69) is 86.8 Å². The average molecular weight is 1140 g/mol. The van der Waals surface area contributed by atoms with E-state index in [9.17, 15) is 19.0 Å². The lowest BCUT2D eigenvalue weighted by Crippen LogP contribution is -2.47. The molecule has 466 valence electrons. The smallest absolute Gasteiger partial charge is 0.456 e. The van der Waals surface area contributed by atoms with Gasteiger partial charge in [0.2, 0.25) is 5.91 Å². The molecule has 0 aliphatic rings. The van der Waals surface area contributed by atoms with Gasteiger partial charge < -0.3 is 19.4 Å². The third-order valence-electron chi connectivity index (χ3n) is 14.9. The van der Waals surface area contributed by atoms with Crippen LogP contribution in [0.25, 0.3) is 0 Å². The van der Waals surface area contributed by atoms with Gasteiger partial charge in [-0.05, 0) is 76.7 Å². The molecule has 2 N–H and O–H groups in total. The highest BCUT2D eigenvalue weighted by Gasteiger charge is 2.30. The SMILES string of the molecule is CC/C=C\C/C=C\C/C=C\C/C=C\C/C=C\CCCCCCCCCCCC(=O)OC(/C=C/CCCCCCCCCCCCC)C(COP(=O)(O)OCC[N+](C)(C)C)NC(=O)CCCCCCCCCCCCCCCCCC. The Kier molecular flexibility index (Phi) is 57.7. The number of likely N-dealkylation sites (N-methyl/N-ethyl adjacent to an activating group) is 1. The van der Waals surface area contributed by atoms with Gasteiger partial charge in [0, 0.05) is 12.8 Å². The molecule has 3 unspecified atom stereocenters. The van der Waals surface area contributed by atoms with E-state index in [1.807, 2.05) is 33.3 Å². The van der Waals surface area contributed by atoms with E-state index in [1.165, 1.54) is 173 Å². The number of rotatable bonds is 61. The summed E-state index contributed by atoms with van der Waals surface area (Å²) < 4.78 is 30.8. The second-order valence-electron chi connectivity index (χ2n) is 24.0. The fraction of sp³-hybridized carbons (Fsp3) is 0.800. The van der Waals surface area contributed by atoms with Crippen molar-refractivity contribution >= 4 is 19.7 Å². The number of hydrogen-bond acceptors (Lipinski definition) is 6. The number of hydrogen-bond donors (Lipinski definition) is 2. The van der Waals surface area contributed by atoms with Gasteiger partial charge in [0.15, 0.2) is 0 Å². The van der Waals surface area contributed by atoms with Crippen molar-refractivity contribution in [3.05, 3.63) is 72.9 Å². The number of amides is 1. The van der Waals surface area contributed by atoms with Crippen LogP contribution in [0.3, 0.4) is 0 Å². The van der Waals surface area contributed by atoms with E-state index in [0.29, 0.717) is 17.4 Å². The van der Waals surface area contributed by atoms with Crippen LogP contribution in [0.15, 0.2) is 72.9 Å². The number of unbranched alkanes of at least 4 members (excludes halogenated alkanes) is 35. The summed E-state index contributed by atoms with van der Waals surface area (Å²) in [5.74, 6) is -0.502. The number of nitrogens with zero attached hydrogens (tertiary/aromatic N) is 1. The van der Waals surface area contributed by atoms with E-state index in [4.69, 9.17) is 13.8 Å². The summed E-state index contributed by atoms with van der Waals surface area (Å²) in [6.45, 7) is 6.93. The minimum Gasteiger partial charge on any atom is -0.456 e. The Morgan fingerprint density at radius 3 is 1.20 bits per heavy atom. The van der Waals surface area contributed by atoms with Gasteiger partial charge in [0.25, 0.3) is 0 Å². The predicted molar refractivity (Wildman–Crippen MR) is 346 cm³/mol. The van der Waals surface area contributed by atoms with E-state index in [-0.39, 0.29) is 31.5 Å². The zero-order chi connectivity index (χ0) is 58.6. The van der Waals surface area contributed by atoms with E-state index < -0.39 is 20.0 Å². The Morgan fingerprint density at radius 2 is 0.800 bits per heavy atom. The number of carbonyl (C=O) groups is 2. The van der Waals surface area contributed by atoms with Gasteiger partial charge in [-0.25, -0.2) is 4.57 Å². The van der Waals surface area contributed by atoms with Crippen LogP contribution in [0.2, 0.25) is 0 Å². The Balaban J connectivity index is 5.15. The molecule has 0 aromatic heterocycles. The zero-order valence-electron chi connectivity index (χ0n) is 53.3. The predicted octanol–water partition coefficient (Wildman–Crippen LogP) is 21.2. The quantitative estimate of drug-likeness (QED) is 0.0205. The molecule has 1 amide bonds. The molecule has 0 spiro atoms. The number of phosphoric acid groups is 1. The molecular weight excluding hydrogens is 1010 g/mol. The first-order valence-electron chi connectivity index (χ1n) is 33.8. The maximum Gasteiger partial charge on any atom is 0.472 e. The van der Waals surface area contributed by atoms with Gasteiger partial charge in [0.1, 0.15) is 19.3 Å².